The van der Waals surface area contributed by atoms with Crippen molar-refractivity contribution >= 4 is 34.1 Å². The molecule has 0 atom stereocenters. The molecule has 1 amide bonds. The number of aromatic nitrogens is 3. The summed E-state index contributed by atoms with van der Waals surface area (Å²) in [6.45, 7) is 0. The predicted molar refractivity (Wildman–Crippen MR) is 118 cm³/mol. The lowest BCUT2D eigenvalue weighted by Gasteiger charge is -2.16. The first-order valence-electron chi connectivity index (χ1n) is 9.43. The Bertz CT molecular complexity index is 1130. The Kier molecular flexibility index (Phi) is 5.62. The van der Waals surface area contributed by atoms with Crippen molar-refractivity contribution in [3.05, 3.63) is 84.2 Å². The number of carbonyl (C=O) groups excluding carboxylic acids is 1. The van der Waals surface area contributed by atoms with Crippen LogP contribution in [0.3, 0.4) is 0 Å². The minimum absolute atomic E-state index is 0.0276. The van der Waals surface area contributed by atoms with E-state index in [1.165, 1.54) is 28.1 Å². The molecule has 29 heavy (non-hydrogen) atoms. The van der Waals surface area contributed by atoms with E-state index >= 15 is 0 Å². The van der Waals surface area contributed by atoms with Gasteiger partial charge in [0.05, 0.1) is 5.75 Å². The van der Waals surface area contributed by atoms with E-state index < -0.39 is 0 Å². The molecule has 1 aromatic heterocycles. The van der Waals surface area contributed by atoms with Crippen LogP contribution in [0.2, 0.25) is 0 Å². The number of hydrogen-bond acceptors (Lipinski definition) is 4. The van der Waals surface area contributed by atoms with Crippen LogP contribution in [0.4, 0.5) is 5.69 Å². The number of hydrogen-bond donors (Lipinski definition) is 0. The second-order valence-electron chi connectivity index (χ2n) is 6.85. The lowest BCUT2D eigenvalue weighted by molar-refractivity contribution is -0.115. The Balaban J connectivity index is 1.45. The van der Waals surface area contributed by atoms with Crippen LogP contribution in [0.1, 0.15) is 11.4 Å². The topological polar surface area (TPSA) is 51.0 Å². The molecule has 0 spiro atoms. The molecule has 0 radical (unpaired) electrons. The van der Waals surface area contributed by atoms with Gasteiger partial charge in [-0.25, -0.2) is 0 Å². The molecule has 0 N–H and O–H groups in total. The zero-order valence-electron chi connectivity index (χ0n) is 16.4. The summed E-state index contributed by atoms with van der Waals surface area (Å²) in [5.74, 6) is 1.22. The third-order valence-corrected chi connectivity index (χ3v) is 6.00. The van der Waals surface area contributed by atoms with Crippen molar-refractivity contribution < 1.29 is 4.79 Å². The first-order valence-corrected chi connectivity index (χ1v) is 10.4. The number of nitrogens with zero attached hydrogens (tertiary/aromatic N) is 4. The molecule has 3 aromatic carbocycles. The van der Waals surface area contributed by atoms with Crippen molar-refractivity contribution in [3.63, 3.8) is 0 Å². The lowest BCUT2D eigenvalue weighted by Crippen LogP contribution is -2.27. The van der Waals surface area contributed by atoms with Crippen molar-refractivity contribution in [1.29, 1.82) is 0 Å². The predicted octanol–water partition coefficient (Wildman–Crippen LogP) is 4.31. The number of benzene rings is 3. The Labute approximate surface area is 174 Å². The summed E-state index contributed by atoms with van der Waals surface area (Å²) < 4.78 is 1.97. The molecule has 0 aliphatic carbocycles. The zero-order chi connectivity index (χ0) is 20.2. The van der Waals surface area contributed by atoms with Crippen LogP contribution in [0, 0.1) is 0 Å². The number of rotatable bonds is 6. The van der Waals surface area contributed by atoms with Gasteiger partial charge >= 0.3 is 0 Å². The molecular weight excluding hydrogens is 380 g/mol. The molecule has 1 heterocycles. The van der Waals surface area contributed by atoms with Crippen LogP contribution < -0.4 is 4.90 Å². The molecular formula is C23H22N4OS. The van der Waals surface area contributed by atoms with Gasteiger partial charge in [0, 0.05) is 26.2 Å². The first kappa shape index (κ1) is 19.2. The minimum Gasteiger partial charge on any atom is -0.315 e. The van der Waals surface area contributed by atoms with Gasteiger partial charge in [-0.05, 0) is 28.5 Å². The van der Waals surface area contributed by atoms with Crippen molar-refractivity contribution in [1.82, 2.24) is 14.8 Å². The molecule has 4 aromatic rings. The summed E-state index contributed by atoms with van der Waals surface area (Å²) in [5.41, 5.74) is 2.10. The normalized spacial score (nSPS) is 11.0. The summed E-state index contributed by atoms with van der Waals surface area (Å²) in [6, 6.07) is 24.3. The fraction of sp³-hybridized carbons (Fsp3) is 0.174. The van der Waals surface area contributed by atoms with Gasteiger partial charge < -0.3 is 9.47 Å². The largest absolute Gasteiger partial charge is 0.315 e. The summed E-state index contributed by atoms with van der Waals surface area (Å²) >= 11 is 1.41. The standard InChI is InChI=1S/C23H22N4OS/c1-26(19-12-4-3-5-13-19)22(28)16-29-23-25-24-21(27(23)2)15-18-11-8-10-17-9-6-7-14-20(17)18/h3-14H,15-16H2,1-2H3. The number of amides is 1. The molecule has 6 heteroatoms. The zero-order valence-corrected chi connectivity index (χ0v) is 17.3. The van der Waals surface area contributed by atoms with Gasteiger partial charge in [0.15, 0.2) is 5.16 Å². The Hall–Kier alpha value is -3.12. The molecule has 0 unspecified atom stereocenters. The maximum atomic E-state index is 12.5. The third kappa shape index (κ3) is 4.17. The number of carbonyl (C=O) groups is 1. The Morgan fingerprint density at radius 3 is 2.52 bits per heavy atom. The number of fused-ring (bicyclic) bond motifs is 1. The molecule has 0 aliphatic rings. The highest BCUT2D eigenvalue weighted by Gasteiger charge is 2.15. The average Bonchev–Trinajstić information content (AvgIpc) is 3.11. The average molecular weight is 403 g/mol. The van der Waals surface area contributed by atoms with E-state index in [0.29, 0.717) is 12.2 Å². The molecule has 0 fully saturated rings. The number of anilines is 1. The van der Waals surface area contributed by atoms with Crippen LogP contribution in [-0.4, -0.2) is 33.5 Å². The number of para-hydroxylation sites is 1. The molecule has 4 rings (SSSR count). The highest BCUT2D eigenvalue weighted by Crippen LogP contribution is 2.23. The van der Waals surface area contributed by atoms with E-state index in [9.17, 15) is 4.79 Å². The van der Waals surface area contributed by atoms with Crippen LogP contribution in [0.15, 0.2) is 78.0 Å². The van der Waals surface area contributed by atoms with E-state index in [1.807, 2.05) is 48.0 Å². The maximum Gasteiger partial charge on any atom is 0.237 e. The van der Waals surface area contributed by atoms with Gasteiger partial charge in [-0.15, -0.1) is 10.2 Å². The Morgan fingerprint density at radius 1 is 0.966 bits per heavy atom. The van der Waals surface area contributed by atoms with E-state index in [4.69, 9.17) is 0 Å². The van der Waals surface area contributed by atoms with Crippen molar-refractivity contribution in [2.75, 3.05) is 17.7 Å². The van der Waals surface area contributed by atoms with Gasteiger partial charge in [-0.1, -0.05) is 72.4 Å². The van der Waals surface area contributed by atoms with E-state index in [2.05, 4.69) is 46.6 Å². The highest BCUT2D eigenvalue weighted by atomic mass is 32.2. The fourth-order valence-corrected chi connectivity index (χ4v) is 4.10. The Morgan fingerprint density at radius 2 is 1.69 bits per heavy atom. The highest BCUT2D eigenvalue weighted by molar-refractivity contribution is 7.99. The maximum absolute atomic E-state index is 12.5. The molecule has 0 saturated heterocycles. The van der Waals surface area contributed by atoms with Gasteiger partial charge in [-0.2, -0.15) is 0 Å². The molecule has 0 aliphatic heterocycles. The smallest absolute Gasteiger partial charge is 0.237 e. The van der Waals surface area contributed by atoms with Crippen LogP contribution in [0.25, 0.3) is 10.8 Å². The number of thioether (sulfide) groups is 1. The summed E-state index contributed by atoms with van der Waals surface area (Å²) in [4.78, 5) is 14.2. The van der Waals surface area contributed by atoms with E-state index in [1.54, 1.807) is 11.9 Å². The summed E-state index contributed by atoms with van der Waals surface area (Å²) in [7, 11) is 3.75. The van der Waals surface area contributed by atoms with Crippen LogP contribution in [0.5, 0.6) is 0 Å². The quantitative estimate of drug-likeness (QED) is 0.451. The van der Waals surface area contributed by atoms with Crippen molar-refractivity contribution in [3.8, 4) is 0 Å². The fourth-order valence-electron chi connectivity index (χ4n) is 3.26. The minimum atomic E-state index is 0.0276. The lowest BCUT2D eigenvalue weighted by atomic mass is 10.0. The van der Waals surface area contributed by atoms with Gasteiger partial charge in [0.25, 0.3) is 0 Å². The van der Waals surface area contributed by atoms with Gasteiger partial charge in [0.1, 0.15) is 5.82 Å². The molecule has 146 valence electrons. The second-order valence-corrected chi connectivity index (χ2v) is 7.79. The monoisotopic (exact) mass is 402 g/mol. The van der Waals surface area contributed by atoms with Crippen LogP contribution in [-0.2, 0) is 18.3 Å². The van der Waals surface area contributed by atoms with E-state index in [-0.39, 0.29) is 5.91 Å². The molecule has 0 bridgehead atoms. The second kappa shape index (κ2) is 8.49. The van der Waals surface area contributed by atoms with Crippen molar-refractivity contribution in [2.24, 2.45) is 7.05 Å². The first-order chi connectivity index (χ1) is 14.1. The van der Waals surface area contributed by atoms with Crippen LogP contribution >= 0.6 is 11.8 Å². The third-order valence-electron chi connectivity index (χ3n) is 5.00. The summed E-state index contributed by atoms with van der Waals surface area (Å²) in [5, 5.41) is 11.9. The van der Waals surface area contributed by atoms with E-state index in [0.717, 1.165) is 16.7 Å². The summed E-state index contributed by atoms with van der Waals surface area (Å²) in [6.07, 6.45) is 0.698. The van der Waals surface area contributed by atoms with Gasteiger partial charge in [0.2, 0.25) is 5.91 Å². The molecule has 0 saturated carbocycles. The van der Waals surface area contributed by atoms with Crippen molar-refractivity contribution in [2.45, 2.75) is 11.6 Å². The SMILES string of the molecule is CN(C(=O)CSc1nnc(Cc2cccc3ccccc23)n1C)c1ccccc1. The van der Waals surface area contributed by atoms with Gasteiger partial charge in [-0.3, -0.25) is 4.79 Å². The molecule has 5 nitrogen and oxygen atoms in total.